The number of amides is 2. The van der Waals surface area contributed by atoms with Gasteiger partial charge in [-0.05, 0) is 72.5 Å². The van der Waals surface area contributed by atoms with Gasteiger partial charge in [0.25, 0.3) is 0 Å². The molecule has 0 fully saturated rings. The van der Waals surface area contributed by atoms with Gasteiger partial charge in [0.2, 0.25) is 0 Å². The largest absolute Gasteiger partial charge is 0.573 e. The van der Waals surface area contributed by atoms with E-state index < -0.39 is 6.36 Å². The van der Waals surface area contributed by atoms with Crippen LogP contribution in [0.1, 0.15) is 0 Å². The average Bonchev–Trinajstić information content (AvgIpc) is 3.44. The molecule has 2 amide bonds. The third-order valence-corrected chi connectivity index (χ3v) is 6.60. The smallest absolute Gasteiger partial charge is 0.406 e. The first kappa shape index (κ1) is 26.8. The molecule has 0 bridgehead atoms. The van der Waals surface area contributed by atoms with Crippen molar-refractivity contribution in [2.75, 3.05) is 16.9 Å². The molecular formula is C29H22F3N5O2S. The first-order valence-corrected chi connectivity index (χ1v) is 13.2. The van der Waals surface area contributed by atoms with Gasteiger partial charge in [-0.1, -0.05) is 36.4 Å². The van der Waals surface area contributed by atoms with E-state index in [1.807, 2.05) is 54.8 Å². The number of benzene rings is 4. The number of ether oxygens (including phenoxy) is 1. The van der Waals surface area contributed by atoms with E-state index in [-0.39, 0.29) is 11.8 Å². The Morgan fingerprint density at radius 1 is 0.850 bits per heavy atom. The third kappa shape index (κ3) is 6.44. The van der Waals surface area contributed by atoms with Crippen LogP contribution in [0.4, 0.5) is 29.3 Å². The van der Waals surface area contributed by atoms with Gasteiger partial charge < -0.3 is 15.4 Å². The first-order chi connectivity index (χ1) is 19.3. The van der Waals surface area contributed by atoms with Crippen LogP contribution in [0.3, 0.4) is 0 Å². The van der Waals surface area contributed by atoms with Gasteiger partial charge in [-0.2, -0.15) is 0 Å². The van der Waals surface area contributed by atoms with Crippen LogP contribution in [0.5, 0.6) is 5.75 Å². The fraction of sp³-hybridized carbons (Fsp3) is 0.0690. The SMILES string of the molecule is CSc1ccccc1-c1ccccc1NC(=O)Nc1ccc(-c2ncn(-c3ccc(OC(F)(F)F)cc3)n2)cc1. The summed E-state index contributed by atoms with van der Waals surface area (Å²) < 4.78 is 42.5. The molecule has 0 spiro atoms. The van der Waals surface area contributed by atoms with Gasteiger partial charge in [0, 0.05) is 21.7 Å². The number of nitrogens with one attached hydrogen (secondary N) is 2. The number of hydrogen-bond donors (Lipinski definition) is 2. The topological polar surface area (TPSA) is 81.1 Å². The van der Waals surface area contributed by atoms with Gasteiger partial charge in [-0.25, -0.2) is 14.5 Å². The Labute approximate surface area is 232 Å². The van der Waals surface area contributed by atoms with Gasteiger partial charge in [0.15, 0.2) is 5.82 Å². The molecule has 4 aromatic carbocycles. The van der Waals surface area contributed by atoms with Crippen molar-refractivity contribution in [2.24, 2.45) is 0 Å². The van der Waals surface area contributed by atoms with E-state index in [1.54, 1.807) is 36.0 Å². The van der Waals surface area contributed by atoms with Crippen molar-refractivity contribution in [3.63, 3.8) is 0 Å². The molecule has 11 heteroatoms. The highest BCUT2D eigenvalue weighted by atomic mass is 32.2. The Bertz CT molecular complexity index is 1620. The van der Waals surface area contributed by atoms with Crippen molar-refractivity contribution in [3.8, 4) is 34.0 Å². The lowest BCUT2D eigenvalue weighted by Gasteiger charge is -2.14. The number of urea groups is 1. The van der Waals surface area contributed by atoms with Crippen molar-refractivity contribution in [1.82, 2.24) is 14.8 Å². The highest BCUT2D eigenvalue weighted by molar-refractivity contribution is 7.98. The predicted molar refractivity (Wildman–Crippen MR) is 150 cm³/mol. The number of anilines is 2. The lowest BCUT2D eigenvalue weighted by atomic mass is 10.0. The molecule has 0 aliphatic carbocycles. The van der Waals surface area contributed by atoms with Crippen LogP contribution < -0.4 is 15.4 Å². The van der Waals surface area contributed by atoms with E-state index in [0.717, 1.165) is 16.0 Å². The highest BCUT2D eigenvalue weighted by Crippen LogP contribution is 2.34. The Balaban J connectivity index is 1.25. The number of hydrogen-bond acceptors (Lipinski definition) is 5. The minimum absolute atomic E-state index is 0.322. The maximum absolute atomic E-state index is 12.8. The summed E-state index contributed by atoms with van der Waals surface area (Å²) in [5, 5.41) is 10.2. The number of halogens is 3. The molecule has 5 rings (SSSR count). The van der Waals surface area contributed by atoms with E-state index in [9.17, 15) is 18.0 Å². The fourth-order valence-corrected chi connectivity index (χ4v) is 4.61. The van der Waals surface area contributed by atoms with Crippen molar-refractivity contribution < 1.29 is 22.7 Å². The summed E-state index contributed by atoms with van der Waals surface area (Å²) >= 11 is 1.64. The average molecular weight is 562 g/mol. The number of rotatable bonds is 7. The normalized spacial score (nSPS) is 11.2. The summed E-state index contributed by atoms with van der Waals surface area (Å²) in [6.07, 6.45) is -1.28. The molecule has 2 N–H and O–H groups in total. The quantitative estimate of drug-likeness (QED) is 0.198. The van der Waals surface area contributed by atoms with E-state index >= 15 is 0 Å². The van der Waals surface area contributed by atoms with Crippen LogP contribution in [-0.4, -0.2) is 33.4 Å². The number of thioether (sulfide) groups is 1. The molecular weight excluding hydrogens is 539 g/mol. The van der Waals surface area contributed by atoms with Crippen LogP contribution >= 0.6 is 11.8 Å². The summed E-state index contributed by atoms with van der Waals surface area (Å²) in [7, 11) is 0. The molecule has 7 nitrogen and oxygen atoms in total. The lowest BCUT2D eigenvalue weighted by Crippen LogP contribution is -2.19. The zero-order valence-electron chi connectivity index (χ0n) is 21.0. The fourth-order valence-electron chi connectivity index (χ4n) is 4.00. The number of para-hydroxylation sites is 1. The molecule has 0 unspecified atom stereocenters. The molecule has 0 saturated carbocycles. The molecule has 0 aliphatic rings. The molecule has 0 atom stereocenters. The monoisotopic (exact) mass is 561 g/mol. The highest BCUT2D eigenvalue weighted by Gasteiger charge is 2.31. The first-order valence-electron chi connectivity index (χ1n) is 12.0. The zero-order valence-corrected chi connectivity index (χ0v) is 21.8. The second kappa shape index (κ2) is 11.5. The molecule has 0 saturated heterocycles. The molecule has 0 aliphatic heterocycles. The Morgan fingerprint density at radius 2 is 1.52 bits per heavy atom. The minimum atomic E-state index is -4.76. The van der Waals surface area contributed by atoms with Crippen molar-refractivity contribution in [2.45, 2.75) is 11.3 Å². The number of aromatic nitrogens is 3. The zero-order chi connectivity index (χ0) is 28.1. The van der Waals surface area contributed by atoms with Crippen molar-refractivity contribution in [3.05, 3.63) is 103 Å². The summed E-state index contributed by atoms with van der Waals surface area (Å²) in [4.78, 5) is 18.2. The van der Waals surface area contributed by atoms with Gasteiger partial charge in [0.1, 0.15) is 12.1 Å². The third-order valence-electron chi connectivity index (χ3n) is 5.80. The van der Waals surface area contributed by atoms with Gasteiger partial charge in [0.05, 0.1) is 11.4 Å². The maximum atomic E-state index is 12.8. The number of carbonyl (C=O) groups excluding carboxylic acids is 1. The number of carbonyl (C=O) groups is 1. The van der Waals surface area contributed by atoms with Crippen LogP contribution in [0.2, 0.25) is 0 Å². The van der Waals surface area contributed by atoms with Gasteiger partial charge in [-0.15, -0.1) is 30.0 Å². The van der Waals surface area contributed by atoms with Crippen LogP contribution in [0.15, 0.2) is 108 Å². The van der Waals surface area contributed by atoms with Crippen LogP contribution in [-0.2, 0) is 0 Å². The van der Waals surface area contributed by atoms with Crippen molar-refractivity contribution in [1.29, 1.82) is 0 Å². The second-order valence-electron chi connectivity index (χ2n) is 8.46. The lowest BCUT2D eigenvalue weighted by molar-refractivity contribution is -0.274. The van der Waals surface area contributed by atoms with Crippen LogP contribution in [0.25, 0.3) is 28.2 Å². The van der Waals surface area contributed by atoms with Gasteiger partial charge >= 0.3 is 12.4 Å². The standard InChI is InChI=1S/C29H22F3N5O2S/c1-40-26-9-5-3-7-24(26)23-6-2-4-8-25(23)35-28(38)34-20-12-10-19(11-13-20)27-33-18-37(36-27)21-14-16-22(17-15-21)39-29(30,31)32/h2-18H,1H3,(H2,34,35,38). The minimum Gasteiger partial charge on any atom is -0.406 e. The summed E-state index contributed by atoms with van der Waals surface area (Å²) in [6.45, 7) is 0. The number of nitrogens with zero attached hydrogens (tertiary/aromatic N) is 3. The summed E-state index contributed by atoms with van der Waals surface area (Å²) in [5.74, 6) is 0.0880. The summed E-state index contributed by atoms with van der Waals surface area (Å²) in [5.41, 5.74) is 4.42. The molecule has 5 aromatic rings. The maximum Gasteiger partial charge on any atom is 0.573 e. The molecule has 1 heterocycles. The number of alkyl halides is 3. The van der Waals surface area contributed by atoms with E-state index in [4.69, 9.17) is 0 Å². The van der Waals surface area contributed by atoms with Crippen molar-refractivity contribution >= 4 is 29.2 Å². The predicted octanol–water partition coefficient (Wildman–Crippen LogP) is 7.87. The molecule has 202 valence electrons. The van der Waals surface area contributed by atoms with E-state index in [0.29, 0.717) is 28.5 Å². The molecule has 0 radical (unpaired) electrons. The van der Waals surface area contributed by atoms with E-state index in [1.165, 1.54) is 35.3 Å². The Morgan fingerprint density at radius 3 is 2.23 bits per heavy atom. The van der Waals surface area contributed by atoms with Crippen LogP contribution in [0, 0.1) is 0 Å². The van der Waals surface area contributed by atoms with Gasteiger partial charge in [-0.3, -0.25) is 0 Å². The summed E-state index contributed by atoms with van der Waals surface area (Å²) in [6, 6.07) is 27.5. The second-order valence-corrected chi connectivity index (χ2v) is 9.30. The molecule has 1 aromatic heterocycles. The van der Waals surface area contributed by atoms with E-state index in [2.05, 4.69) is 25.5 Å². The Hall–Kier alpha value is -4.77. The Kier molecular flexibility index (Phi) is 7.74. The molecule has 40 heavy (non-hydrogen) atoms.